The van der Waals surface area contributed by atoms with Crippen LogP contribution < -0.4 is 0 Å². The van der Waals surface area contributed by atoms with E-state index in [4.69, 9.17) is 0 Å². The van der Waals surface area contributed by atoms with Crippen LogP contribution in [0, 0.1) is 176 Å². The number of allylic oxidation sites excluding steroid dienone is 4. The van der Waals surface area contributed by atoms with Gasteiger partial charge in [0, 0.05) is 27.8 Å². The van der Waals surface area contributed by atoms with Crippen molar-refractivity contribution in [2.75, 3.05) is 0 Å². The molecule has 10 aromatic carbocycles. The van der Waals surface area contributed by atoms with E-state index in [1.54, 1.807) is 24.3 Å². The van der Waals surface area contributed by atoms with E-state index in [1.807, 2.05) is 31.2 Å². The van der Waals surface area contributed by atoms with Crippen molar-refractivity contribution in [3.05, 3.63) is 385 Å². The number of unbranched alkanes of at least 4 members (excludes halogenated alkanes) is 2. The first-order valence-corrected chi connectivity index (χ1v) is 45.3. The highest BCUT2D eigenvalue weighted by Crippen LogP contribution is 2.43. The highest BCUT2D eigenvalue weighted by Gasteiger charge is 2.43. The Morgan fingerprint density at radius 1 is 0.282 bits per heavy atom. The van der Waals surface area contributed by atoms with Crippen molar-refractivity contribution >= 4 is 0 Å². The van der Waals surface area contributed by atoms with Crippen LogP contribution in [0.2, 0.25) is 0 Å². The van der Waals surface area contributed by atoms with Gasteiger partial charge in [0.25, 0.3) is 0 Å². The van der Waals surface area contributed by atoms with Crippen LogP contribution in [0.4, 0.5) is 132 Å². The average molecular weight is 2000 g/mol. The van der Waals surface area contributed by atoms with Crippen molar-refractivity contribution < 1.29 is 132 Å². The second kappa shape index (κ2) is 47.3. The summed E-state index contributed by atoms with van der Waals surface area (Å²) in [7, 11) is 0. The van der Waals surface area contributed by atoms with Gasteiger partial charge in [0.15, 0.2) is 0 Å². The number of benzene rings is 10. The minimum Gasteiger partial charge on any atom is -0.206 e. The van der Waals surface area contributed by atoms with E-state index in [1.165, 1.54) is 43.2 Å². The number of rotatable bonds is 11. The third-order valence-corrected chi connectivity index (χ3v) is 25.0. The van der Waals surface area contributed by atoms with Gasteiger partial charge in [-0.2, -0.15) is 65.9 Å². The van der Waals surface area contributed by atoms with E-state index >= 15 is 0 Å². The quantitative estimate of drug-likeness (QED) is 0.0524. The van der Waals surface area contributed by atoms with Crippen LogP contribution >= 0.6 is 0 Å². The molecule has 5 unspecified atom stereocenters. The molecule has 0 bridgehead atoms. The number of hydrogen-bond acceptors (Lipinski definition) is 0. The highest BCUT2D eigenvalue weighted by atomic mass is 19.4. The first kappa shape index (κ1) is 110. The Kier molecular flexibility index (Phi) is 36.5. The zero-order chi connectivity index (χ0) is 104. The molecule has 0 amide bonds. The van der Waals surface area contributed by atoms with E-state index in [0.29, 0.717) is 151 Å². The molecule has 0 spiro atoms. The molecule has 5 atom stereocenters. The van der Waals surface area contributed by atoms with Crippen LogP contribution in [0.5, 0.6) is 0 Å². The van der Waals surface area contributed by atoms with Gasteiger partial charge in [-0.05, 0) is 292 Å². The molecule has 0 fully saturated rings. The van der Waals surface area contributed by atoms with Gasteiger partial charge in [0.1, 0.15) is 115 Å². The van der Waals surface area contributed by atoms with Crippen LogP contribution in [0.3, 0.4) is 0 Å². The first-order chi connectivity index (χ1) is 67.0. The zero-order valence-corrected chi connectivity index (χ0v) is 76.3. The third kappa shape index (κ3) is 27.9. The Morgan fingerprint density at radius 3 is 0.746 bits per heavy atom. The predicted molar refractivity (Wildman–Crippen MR) is 480 cm³/mol. The summed E-state index contributed by atoms with van der Waals surface area (Å²) in [5.41, 5.74) is -3.55. The standard InChI is InChI=1S/C24H22F6.C23H18F6.C22H18F6.C22H16F6.C21H14F6/c1-2-3-4-5-15-7-11-19-18(12-15)10-9-17(23(19)27)8-6-16-13-20(25)22(21(26)14-16)24(28,29)30;1-2-3-4-14-6-10-18-17(11-14)9-8-16(22(18)26)7-5-15-12-19(24)21(20(25)13-15)23(27,28)29;2*1-2-3-13-5-9-17-16(10-13)8-7-15(21(17)25)6-4-14-11-18(23)20(19(24)12-14)22(26,27)28;1-2-12-4-8-16-15(9-12)7-6-14(20(16)24)5-3-13-10-17(22)19(18(23)11-13)21(25,26)27/h9-10,13-15H,2-5,7,11-12H2,1H3;2,8-9,12-14H,1,3-4,6,10-11H2;7-8,11-13H,2-3,5,9-10H2,1H3;2-3,7-8,11-13H,5,9-10H2,1H3;2,6-7,10-12H,1,4,8-9H2/b;;;3-2+;. The second-order valence-electron chi connectivity index (χ2n) is 34.9. The lowest BCUT2D eigenvalue weighted by atomic mass is 9.80. The van der Waals surface area contributed by atoms with Gasteiger partial charge in [-0.15, -0.1) is 13.2 Å². The maximum absolute atomic E-state index is 14.9. The lowest BCUT2D eigenvalue weighted by Gasteiger charge is -2.25. The summed E-state index contributed by atoms with van der Waals surface area (Å²) in [6.07, 6.45) is 1.63. The number of hydrogen-bond donors (Lipinski definition) is 0. The van der Waals surface area contributed by atoms with E-state index in [-0.39, 0.29) is 61.6 Å². The monoisotopic (exact) mass is 2000 g/mol. The van der Waals surface area contributed by atoms with E-state index in [0.717, 1.165) is 124 Å². The molecule has 0 aromatic heterocycles. The molecule has 0 saturated heterocycles. The molecule has 0 heterocycles. The van der Waals surface area contributed by atoms with Crippen molar-refractivity contribution in [1.82, 2.24) is 0 Å². The summed E-state index contributed by atoms with van der Waals surface area (Å²) in [6.45, 7) is 13.7. The third-order valence-electron chi connectivity index (χ3n) is 25.0. The summed E-state index contributed by atoms with van der Waals surface area (Å²) in [4.78, 5) is 0. The minimum atomic E-state index is -5.14. The maximum atomic E-state index is 14.9. The van der Waals surface area contributed by atoms with Gasteiger partial charge in [0.05, 0.1) is 27.8 Å². The molecule has 30 heteroatoms. The Morgan fingerprint density at radius 2 is 0.514 bits per heavy atom. The summed E-state index contributed by atoms with van der Waals surface area (Å²) in [6, 6.07) is 21.4. The minimum absolute atomic E-state index is 0.0338. The van der Waals surface area contributed by atoms with Crippen molar-refractivity contribution in [2.45, 2.75) is 199 Å². The molecule has 5 aliphatic rings. The lowest BCUT2D eigenvalue weighted by Crippen LogP contribution is -2.16. The van der Waals surface area contributed by atoms with E-state index in [9.17, 15) is 132 Å². The fourth-order valence-electron chi connectivity index (χ4n) is 17.9. The second-order valence-corrected chi connectivity index (χ2v) is 34.9. The van der Waals surface area contributed by atoms with Crippen molar-refractivity contribution in [1.29, 1.82) is 0 Å². The molecule has 746 valence electrons. The summed E-state index contributed by atoms with van der Waals surface area (Å²) >= 11 is 0. The normalized spacial score (nSPS) is 16.2. The van der Waals surface area contributed by atoms with Gasteiger partial charge in [-0.3, -0.25) is 0 Å². The average Bonchev–Trinajstić information content (AvgIpc) is 0.801. The smallest absolute Gasteiger partial charge is 0.206 e. The van der Waals surface area contributed by atoms with Gasteiger partial charge < -0.3 is 0 Å². The van der Waals surface area contributed by atoms with E-state index in [2.05, 4.69) is 92.3 Å². The molecule has 10 aromatic rings. The van der Waals surface area contributed by atoms with Crippen molar-refractivity contribution in [3.8, 4) is 59.2 Å². The Hall–Kier alpha value is -12.9. The number of fused-ring (bicyclic) bond motifs is 5. The molecule has 5 aliphatic carbocycles. The van der Waals surface area contributed by atoms with Gasteiger partial charge >= 0.3 is 30.9 Å². The lowest BCUT2D eigenvalue weighted by molar-refractivity contribution is -0.143. The number of halogens is 30. The summed E-state index contributed by atoms with van der Waals surface area (Å²) in [5, 5.41) is 0. The molecule has 0 saturated carbocycles. The Balaban J connectivity index is 0.000000170. The first-order valence-electron chi connectivity index (χ1n) is 45.3. The van der Waals surface area contributed by atoms with Gasteiger partial charge in [-0.25, -0.2) is 65.9 Å². The molecule has 0 radical (unpaired) electrons. The largest absolute Gasteiger partial charge is 0.422 e. The van der Waals surface area contributed by atoms with Gasteiger partial charge in [-0.1, -0.05) is 166 Å². The molecule has 0 N–H and O–H groups in total. The zero-order valence-electron chi connectivity index (χ0n) is 76.3. The van der Waals surface area contributed by atoms with Crippen molar-refractivity contribution in [3.63, 3.8) is 0 Å². The Bertz CT molecular complexity index is 6610. The van der Waals surface area contributed by atoms with Crippen LogP contribution in [-0.2, 0) is 95.1 Å². The van der Waals surface area contributed by atoms with Gasteiger partial charge in [0.2, 0.25) is 0 Å². The molecule has 0 nitrogen and oxygen atoms in total. The molecule has 0 aliphatic heterocycles. The SMILES string of the molecule is C/C=C/C1CCc2c(ccc(C#Cc3cc(F)c(C(F)(F)F)c(F)c3)c2F)C1.C=CC1CCc2c(ccc(C#Cc3cc(F)c(C(F)(F)F)c(F)c3)c2F)C1.C=CCCC1CCc2c(ccc(C#Cc3cc(F)c(C(F)(F)F)c(F)c3)c2F)C1.CCCC1CCc2c(ccc(C#Cc3cc(F)c(C(F)(F)F)c(F)c3)c2F)C1.CCCCCC1CCc2c(ccc(C#Cc3cc(F)c(C(F)(F)F)c(F)c3)c2F)C1. The van der Waals surface area contributed by atoms with Crippen molar-refractivity contribution in [2.24, 2.45) is 29.6 Å². The topological polar surface area (TPSA) is 0 Å². The summed E-state index contributed by atoms with van der Waals surface area (Å²) < 4.78 is 399. The molecular formula is C112H88F30. The van der Waals surface area contributed by atoms with Crippen LogP contribution in [-0.4, -0.2) is 0 Å². The fourth-order valence-corrected chi connectivity index (χ4v) is 17.9. The molecular weight excluding hydrogens is 1920 g/mol. The van der Waals surface area contributed by atoms with Crippen LogP contribution in [0.1, 0.15) is 243 Å². The predicted octanol–water partition coefficient (Wildman–Crippen LogP) is 32.2. The highest BCUT2D eigenvalue weighted by molar-refractivity contribution is 5.55. The van der Waals surface area contributed by atoms with Crippen LogP contribution in [0.15, 0.2) is 159 Å². The fraction of sp³-hybridized carbons (Fsp3) is 0.321. The molecule has 15 rings (SSSR count). The summed E-state index contributed by atoms with van der Waals surface area (Å²) in [5.74, 6) is 6.47. The Labute approximate surface area is 801 Å². The van der Waals surface area contributed by atoms with Crippen LogP contribution in [0.25, 0.3) is 0 Å². The number of alkyl halides is 15. The molecule has 142 heavy (non-hydrogen) atoms. The maximum Gasteiger partial charge on any atom is 0.422 e. The van der Waals surface area contributed by atoms with E-state index < -0.39 is 146 Å².